The minimum atomic E-state index is -0.389. The van der Waals surface area contributed by atoms with Crippen LogP contribution in [0.1, 0.15) is 11.1 Å². The van der Waals surface area contributed by atoms with Crippen molar-refractivity contribution in [2.75, 3.05) is 4.90 Å². The number of thiazole rings is 1. The van der Waals surface area contributed by atoms with Gasteiger partial charge in [0.15, 0.2) is 0 Å². The molecule has 5 rings (SSSR count). The van der Waals surface area contributed by atoms with Crippen LogP contribution < -0.4 is 15.0 Å². The molecule has 0 atom stereocenters. The van der Waals surface area contributed by atoms with Gasteiger partial charge in [-0.15, -0.1) is 0 Å². The lowest BCUT2D eigenvalue weighted by Gasteiger charge is -2.17. The van der Waals surface area contributed by atoms with Crippen molar-refractivity contribution in [2.24, 2.45) is 0 Å². The van der Waals surface area contributed by atoms with Crippen molar-refractivity contribution in [3.05, 3.63) is 85.1 Å². The molecule has 0 unspecified atom stereocenters. The van der Waals surface area contributed by atoms with Crippen LogP contribution in [0, 0.1) is 5.82 Å². The number of anilines is 1. The van der Waals surface area contributed by atoms with Gasteiger partial charge in [-0.1, -0.05) is 45.5 Å². The Morgan fingerprint density at radius 2 is 1.96 bits per heavy atom. The van der Waals surface area contributed by atoms with Crippen LogP contribution in [0.15, 0.2) is 58.1 Å². The Morgan fingerprint density at radius 1 is 1.14 bits per heavy atom. The van der Waals surface area contributed by atoms with Crippen LogP contribution in [0.2, 0.25) is 0 Å². The monoisotopic (exact) mass is 456 g/mol. The summed E-state index contributed by atoms with van der Waals surface area (Å²) in [7, 11) is 0. The molecule has 28 heavy (non-hydrogen) atoms. The number of nitrogens with zero attached hydrogens (tertiary/aromatic N) is 4. The van der Waals surface area contributed by atoms with Crippen molar-refractivity contribution in [1.82, 2.24) is 14.6 Å². The maximum atomic E-state index is 14.2. The standard InChI is InChI=1S/C19H10BrFN4O2S/c20-11-5-6-14-12(7-11)15(16-18(27)25-19(28-16)22-9-23-25)17(26)24(14)8-10-3-1-2-4-13(10)21/h1-7,9H,8H2. The van der Waals surface area contributed by atoms with Crippen molar-refractivity contribution in [3.8, 4) is 0 Å². The molecular formula is C19H10BrFN4O2S. The lowest BCUT2D eigenvalue weighted by molar-refractivity contribution is -0.113. The maximum absolute atomic E-state index is 14.2. The Labute approximate surface area is 169 Å². The highest BCUT2D eigenvalue weighted by molar-refractivity contribution is 9.10. The predicted octanol–water partition coefficient (Wildman–Crippen LogP) is 2.52. The third kappa shape index (κ3) is 2.50. The first-order valence-corrected chi connectivity index (χ1v) is 9.87. The summed E-state index contributed by atoms with van der Waals surface area (Å²) in [6.07, 6.45) is 1.30. The van der Waals surface area contributed by atoms with Gasteiger partial charge in [0.2, 0.25) is 4.96 Å². The average molecular weight is 457 g/mol. The molecule has 0 fully saturated rings. The minimum Gasteiger partial charge on any atom is -0.303 e. The largest absolute Gasteiger partial charge is 0.303 e. The number of halogens is 2. The first kappa shape index (κ1) is 17.2. The van der Waals surface area contributed by atoms with Gasteiger partial charge in [0, 0.05) is 15.6 Å². The summed E-state index contributed by atoms with van der Waals surface area (Å²) in [6, 6.07) is 11.7. The van der Waals surface area contributed by atoms with E-state index in [0.717, 1.165) is 15.8 Å². The highest BCUT2D eigenvalue weighted by Gasteiger charge is 2.35. The van der Waals surface area contributed by atoms with Crippen molar-refractivity contribution in [3.63, 3.8) is 0 Å². The van der Waals surface area contributed by atoms with E-state index in [1.165, 1.54) is 21.8 Å². The zero-order valence-electron chi connectivity index (χ0n) is 14.1. The number of hydrogen-bond donors (Lipinski definition) is 0. The first-order chi connectivity index (χ1) is 13.5. The van der Waals surface area contributed by atoms with Gasteiger partial charge in [-0.25, -0.2) is 9.37 Å². The van der Waals surface area contributed by atoms with E-state index in [9.17, 15) is 14.0 Å². The molecule has 0 spiro atoms. The highest BCUT2D eigenvalue weighted by atomic mass is 79.9. The second-order valence-electron chi connectivity index (χ2n) is 6.21. The van der Waals surface area contributed by atoms with Gasteiger partial charge < -0.3 is 4.90 Å². The molecule has 1 aliphatic rings. The molecule has 2 aromatic heterocycles. The molecule has 0 saturated heterocycles. The van der Waals surface area contributed by atoms with Gasteiger partial charge in [-0.3, -0.25) is 9.59 Å². The van der Waals surface area contributed by atoms with Crippen LogP contribution >= 0.6 is 27.3 Å². The quantitative estimate of drug-likeness (QED) is 0.464. The zero-order chi connectivity index (χ0) is 19.4. The smallest absolute Gasteiger partial charge is 0.291 e. The molecule has 0 bridgehead atoms. The lowest BCUT2D eigenvalue weighted by Crippen LogP contribution is -2.32. The molecule has 0 saturated carbocycles. The van der Waals surface area contributed by atoms with E-state index in [1.54, 1.807) is 30.3 Å². The Morgan fingerprint density at radius 3 is 2.75 bits per heavy atom. The topological polar surface area (TPSA) is 67.6 Å². The van der Waals surface area contributed by atoms with Gasteiger partial charge in [-0.2, -0.15) is 9.61 Å². The van der Waals surface area contributed by atoms with Crippen molar-refractivity contribution in [2.45, 2.75) is 6.54 Å². The molecular weight excluding hydrogens is 447 g/mol. The second kappa shape index (κ2) is 6.32. The number of benzene rings is 2. The molecule has 3 heterocycles. The van der Waals surface area contributed by atoms with Gasteiger partial charge in [-0.05, 0) is 24.3 Å². The fraction of sp³-hybridized carbons (Fsp3) is 0.0526. The van der Waals surface area contributed by atoms with E-state index in [0.29, 0.717) is 21.8 Å². The van der Waals surface area contributed by atoms with Crippen molar-refractivity contribution in [1.29, 1.82) is 0 Å². The molecule has 1 aliphatic heterocycles. The van der Waals surface area contributed by atoms with Crippen molar-refractivity contribution < 1.29 is 9.18 Å². The summed E-state index contributed by atoms with van der Waals surface area (Å²) >= 11 is 4.54. The van der Waals surface area contributed by atoms with Crippen LogP contribution in [-0.4, -0.2) is 20.5 Å². The normalized spacial score (nSPS) is 15.5. The van der Waals surface area contributed by atoms with Crippen LogP contribution in [0.25, 0.3) is 10.5 Å². The zero-order valence-corrected chi connectivity index (χ0v) is 16.5. The Balaban J connectivity index is 1.76. The van der Waals surface area contributed by atoms with E-state index in [1.807, 2.05) is 6.07 Å². The van der Waals surface area contributed by atoms with Crippen LogP contribution in [0.5, 0.6) is 0 Å². The SMILES string of the molecule is O=C1C(=c2sc3ncnn3c2=O)c2cc(Br)ccc2N1Cc1ccccc1F. The first-order valence-electron chi connectivity index (χ1n) is 8.26. The summed E-state index contributed by atoms with van der Waals surface area (Å²) in [4.78, 5) is 32.0. The third-order valence-electron chi connectivity index (χ3n) is 4.59. The number of aromatic nitrogens is 3. The molecule has 0 aliphatic carbocycles. The summed E-state index contributed by atoms with van der Waals surface area (Å²) in [5.74, 6) is -0.733. The Bertz CT molecular complexity index is 1380. The molecule has 1 amide bonds. The molecule has 2 aromatic carbocycles. The molecule has 138 valence electrons. The van der Waals surface area contributed by atoms with Crippen LogP contribution in [0.3, 0.4) is 0 Å². The molecule has 9 heteroatoms. The molecule has 0 N–H and O–H groups in total. The number of fused-ring (bicyclic) bond motifs is 2. The van der Waals surface area contributed by atoms with Gasteiger partial charge >= 0.3 is 0 Å². The lowest BCUT2D eigenvalue weighted by atomic mass is 10.1. The van der Waals surface area contributed by atoms with E-state index in [-0.39, 0.29) is 33.9 Å². The molecule has 6 nitrogen and oxygen atoms in total. The molecule has 4 aromatic rings. The molecule has 0 radical (unpaired) electrons. The minimum absolute atomic E-state index is 0.0680. The van der Waals surface area contributed by atoms with Crippen LogP contribution in [0.4, 0.5) is 10.1 Å². The number of amides is 1. The summed E-state index contributed by atoms with van der Waals surface area (Å²) in [6.45, 7) is 0.0680. The van der Waals surface area contributed by atoms with E-state index in [2.05, 4.69) is 26.0 Å². The predicted molar refractivity (Wildman–Crippen MR) is 107 cm³/mol. The second-order valence-corrected chi connectivity index (χ2v) is 8.10. The number of carbonyl (C=O) groups is 1. The average Bonchev–Trinajstić information content (AvgIpc) is 3.32. The summed E-state index contributed by atoms with van der Waals surface area (Å²) < 4.78 is 16.4. The van der Waals surface area contributed by atoms with Gasteiger partial charge in [0.05, 0.1) is 17.8 Å². The van der Waals surface area contributed by atoms with E-state index in [4.69, 9.17) is 0 Å². The van der Waals surface area contributed by atoms with E-state index < -0.39 is 0 Å². The highest BCUT2D eigenvalue weighted by Crippen LogP contribution is 2.38. The van der Waals surface area contributed by atoms with Crippen molar-refractivity contribution >= 4 is 49.4 Å². The number of hydrogen-bond acceptors (Lipinski definition) is 5. The van der Waals surface area contributed by atoms with Gasteiger partial charge in [0.25, 0.3) is 11.5 Å². The van der Waals surface area contributed by atoms with Crippen LogP contribution in [-0.2, 0) is 11.3 Å². The summed E-state index contributed by atoms with van der Waals surface area (Å²) in [5.41, 5.74) is 1.55. The number of rotatable bonds is 2. The fourth-order valence-corrected chi connectivity index (χ4v) is 4.64. The fourth-order valence-electron chi connectivity index (χ4n) is 3.31. The van der Waals surface area contributed by atoms with Gasteiger partial charge in [0.1, 0.15) is 16.7 Å². The third-order valence-corrected chi connectivity index (χ3v) is 6.12. The maximum Gasteiger partial charge on any atom is 0.291 e. The Hall–Kier alpha value is -2.91. The van der Waals surface area contributed by atoms with E-state index >= 15 is 0 Å². The Kier molecular flexibility index (Phi) is 3.88. The summed E-state index contributed by atoms with van der Waals surface area (Å²) in [5, 5.41) is 3.91. The number of carbonyl (C=O) groups excluding carboxylic acids is 1.